The van der Waals surface area contributed by atoms with Crippen LogP contribution < -0.4 is 0 Å². The number of nitrogens with zero attached hydrogens (tertiary/aromatic N) is 4. The van der Waals surface area contributed by atoms with E-state index in [2.05, 4.69) is 26.9 Å². The second kappa shape index (κ2) is 4.75. The first kappa shape index (κ1) is 9.04. The van der Waals surface area contributed by atoms with Gasteiger partial charge in [0.2, 0.25) is 0 Å². The van der Waals surface area contributed by atoms with Gasteiger partial charge < -0.3 is 0 Å². The molecule has 0 aliphatic rings. The van der Waals surface area contributed by atoms with Gasteiger partial charge in [-0.2, -0.15) is 0 Å². The largest absolute Gasteiger partial charge is 0.260 e. The minimum atomic E-state index is -0.435. The van der Waals surface area contributed by atoms with Crippen molar-refractivity contribution in [2.45, 2.75) is 0 Å². The molecule has 0 unspecified atom stereocenters. The van der Waals surface area contributed by atoms with Crippen LogP contribution in [0.1, 0.15) is 5.56 Å². The normalized spacial score (nSPS) is 8.08. The fourth-order valence-electron chi connectivity index (χ4n) is 0.689. The summed E-state index contributed by atoms with van der Waals surface area (Å²) in [6, 6.07) is 1.26. The zero-order valence-corrected chi connectivity index (χ0v) is 6.61. The lowest BCUT2D eigenvalue weighted by molar-refractivity contribution is 0.621. The molecule has 0 spiro atoms. The van der Waals surface area contributed by atoms with Crippen LogP contribution in [0.3, 0.4) is 0 Å². The summed E-state index contributed by atoms with van der Waals surface area (Å²) < 4.78 is 12.5. The molecule has 1 aromatic heterocycles. The van der Waals surface area contributed by atoms with Crippen molar-refractivity contribution in [1.29, 1.82) is 0 Å². The number of rotatable bonds is 1. The van der Waals surface area contributed by atoms with E-state index in [1.807, 2.05) is 0 Å². The quantitative estimate of drug-likeness (QED) is 0.279. The Kier molecular flexibility index (Phi) is 3.31. The molecule has 64 valence electrons. The van der Waals surface area contributed by atoms with E-state index < -0.39 is 5.82 Å². The molecule has 4 nitrogen and oxygen atoms in total. The highest BCUT2D eigenvalue weighted by molar-refractivity contribution is 5.31. The van der Waals surface area contributed by atoms with Crippen LogP contribution in [-0.2, 0) is 0 Å². The molecule has 0 aromatic carbocycles. The maximum absolute atomic E-state index is 12.5. The Bertz CT molecular complexity index is 398. The highest BCUT2D eigenvalue weighted by Crippen LogP contribution is 1.97. The van der Waals surface area contributed by atoms with Crippen LogP contribution in [0, 0.1) is 17.7 Å². The van der Waals surface area contributed by atoms with Gasteiger partial charge in [-0.05, 0) is 11.6 Å². The van der Waals surface area contributed by atoms with Crippen LogP contribution in [-0.4, -0.2) is 11.5 Å². The third kappa shape index (κ3) is 3.23. The summed E-state index contributed by atoms with van der Waals surface area (Å²) in [5.41, 5.74) is 8.39. The topological polar surface area (TPSA) is 61.7 Å². The van der Waals surface area contributed by atoms with Crippen LogP contribution in [0.15, 0.2) is 23.6 Å². The Hall–Kier alpha value is -2.05. The summed E-state index contributed by atoms with van der Waals surface area (Å²) in [5.74, 6) is 4.72. The van der Waals surface area contributed by atoms with Crippen molar-refractivity contribution in [2.24, 2.45) is 5.11 Å². The lowest BCUT2D eigenvalue weighted by atomic mass is 10.3. The second-order valence-corrected chi connectivity index (χ2v) is 2.08. The van der Waals surface area contributed by atoms with Gasteiger partial charge in [0.1, 0.15) is 5.82 Å². The molecule has 0 radical (unpaired) electrons. The summed E-state index contributed by atoms with van der Waals surface area (Å²) in [4.78, 5) is 6.12. The summed E-state index contributed by atoms with van der Waals surface area (Å²) >= 11 is 0. The van der Waals surface area contributed by atoms with Crippen LogP contribution in [0.4, 0.5) is 4.39 Å². The van der Waals surface area contributed by atoms with Crippen LogP contribution in [0.5, 0.6) is 0 Å². The Balaban J connectivity index is 2.71. The number of azide groups is 1. The minimum absolute atomic E-state index is 0.0764. The number of hydrogen-bond acceptors (Lipinski definition) is 2. The highest BCUT2D eigenvalue weighted by atomic mass is 19.1. The van der Waals surface area contributed by atoms with E-state index in [-0.39, 0.29) is 6.54 Å². The van der Waals surface area contributed by atoms with Gasteiger partial charge in [-0.3, -0.25) is 4.98 Å². The molecular formula is C8H5FN4. The third-order valence-corrected chi connectivity index (χ3v) is 1.15. The molecule has 1 aromatic rings. The zero-order valence-electron chi connectivity index (χ0n) is 6.61. The average molecular weight is 176 g/mol. The molecule has 0 N–H and O–H groups in total. The lowest BCUT2D eigenvalue weighted by Gasteiger charge is -1.87. The lowest BCUT2D eigenvalue weighted by Crippen LogP contribution is -1.81. The molecule has 13 heavy (non-hydrogen) atoms. The molecule has 0 saturated carbocycles. The van der Waals surface area contributed by atoms with Crippen molar-refractivity contribution < 1.29 is 4.39 Å². The van der Waals surface area contributed by atoms with Crippen LogP contribution in [0.2, 0.25) is 0 Å². The fraction of sp³-hybridized carbons (Fsp3) is 0.125. The summed E-state index contributed by atoms with van der Waals surface area (Å²) in [5, 5.41) is 3.20. The molecule has 0 aliphatic carbocycles. The van der Waals surface area contributed by atoms with E-state index in [0.717, 1.165) is 6.20 Å². The highest BCUT2D eigenvalue weighted by Gasteiger charge is 1.89. The third-order valence-electron chi connectivity index (χ3n) is 1.15. The van der Waals surface area contributed by atoms with Crippen molar-refractivity contribution in [3.8, 4) is 11.8 Å². The van der Waals surface area contributed by atoms with Gasteiger partial charge in [-0.25, -0.2) is 4.39 Å². The molecule has 0 aliphatic heterocycles. The van der Waals surface area contributed by atoms with Crippen molar-refractivity contribution in [2.75, 3.05) is 6.54 Å². The Morgan fingerprint density at radius 1 is 1.62 bits per heavy atom. The van der Waals surface area contributed by atoms with E-state index in [1.54, 1.807) is 0 Å². The molecule has 1 rings (SSSR count). The van der Waals surface area contributed by atoms with Gasteiger partial charge in [0.25, 0.3) is 0 Å². The first-order valence-electron chi connectivity index (χ1n) is 3.43. The Morgan fingerprint density at radius 2 is 2.46 bits per heavy atom. The van der Waals surface area contributed by atoms with E-state index in [4.69, 9.17) is 5.53 Å². The van der Waals surface area contributed by atoms with Crippen molar-refractivity contribution >= 4 is 0 Å². The molecule has 5 heteroatoms. The van der Waals surface area contributed by atoms with Gasteiger partial charge in [0.05, 0.1) is 12.7 Å². The summed E-state index contributed by atoms with van der Waals surface area (Å²) in [6.07, 6.45) is 2.53. The van der Waals surface area contributed by atoms with Gasteiger partial charge in [0, 0.05) is 16.7 Å². The SMILES string of the molecule is [N-]=[N+]=NCC#Cc1cncc(F)c1. The molecule has 0 atom stereocenters. The molecule has 0 bridgehead atoms. The fourth-order valence-corrected chi connectivity index (χ4v) is 0.689. The van der Waals surface area contributed by atoms with Gasteiger partial charge in [0.15, 0.2) is 0 Å². The maximum atomic E-state index is 12.5. The van der Waals surface area contributed by atoms with Gasteiger partial charge in [-0.1, -0.05) is 17.0 Å². The van der Waals surface area contributed by atoms with Gasteiger partial charge >= 0.3 is 0 Å². The number of hydrogen-bond donors (Lipinski definition) is 0. The first-order chi connectivity index (χ1) is 6.33. The number of pyridine rings is 1. The molecule has 1 heterocycles. The zero-order chi connectivity index (χ0) is 9.52. The van der Waals surface area contributed by atoms with E-state index in [1.165, 1.54) is 12.3 Å². The second-order valence-electron chi connectivity index (χ2n) is 2.08. The predicted octanol–water partition coefficient (Wildman–Crippen LogP) is 1.88. The van der Waals surface area contributed by atoms with Crippen molar-refractivity contribution in [1.82, 2.24) is 4.98 Å². The smallest absolute Gasteiger partial charge is 0.142 e. The number of aromatic nitrogens is 1. The van der Waals surface area contributed by atoms with Crippen LogP contribution >= 0.6 is 0 Å². The predicted molar refractivity (Wildman–Crippen MR) is 45.1 cm³/mol. The van der Waals surface area contributed by atoms with E-state index >= 15 is 0 Å². The molecule has 0 amide bonds. The standard InChI is InChI=1S/C8H5FN4/c9-8-4-7(5-11-6-8)2-1-3-12-13-10/h4-6H,3H2. The maximum Gasteiger partial charge on any atom is 0.142 e. The molecular weight excluding hydrogens is 171 g/mol. The monoisotopic (exact) mass is 176 g/mol. The van der Waals surface area contributed by atoms with E-state index in [9.17, 15) is 4.39 Å². The summed E-state index contributed by atoms with van der Waals surface area (Å²) in [6.45, 7) is 0.0764. The van der Waals surface area contributed by atoms with E-state index in [0.29, 0.717) is 5.56 Å². The average Bonchev–Trinajstić information content (AvgIpc) is 2.13. The minimum Gasteiger partial charge on any atom is -0.260 e. The van der Waals surface area contributed by atoms with Crippen molar-refractivity contribution in [3.05, 3.63) is 40.3 Å². The Morgan fingerprint density at radius 3 is 3.15 bits per heavy atom. The van der Waals surface area contributed by atoms with Crippen LogP contribution in [0.25, 0.3) is 10.4 Å². The van der Waals surface area contributed by atoms with Gasteiger partial charge in [-0.15, -0.1) is 0 Å². The Labute approximate surface area is 74.0 Å². The first-order valence-corrected chi connectivity index (χ1v) is 3.43. The molecule has 0 saturated heterocycles. The molecule has 0 fully saturated rings. The van der Waals surface area contributed by atoms with Crippen molar-refractivity contribution in [3.63, 3.8) is 0 Å². The summed E-state index contributed by atoms with van der Waals surface area (Å²) in [7, 11) is 0. The number of halogens is 1.